The van der Waals surface area contributed by atoms with Crippen molar-refractivity contribution in [2.75, 3.05) is 4.90 Å². The molecule has 0 amide bonds. The lowest BCUT2D eigenvalue weighted by atomic mass is 10.00. The molecule has 2 nitrogen and oxygen atoms in total. The summed E-state index contributed by atoms with van der Waals surface area (Å²) in [6.45, 7) is 0. The Morgan fingerprint density at radius 3 is 1.74 bits per heavy atom. The third-order valence-electron chi connectivity index (χ3n) is 6.99. The van der Waals surface area contributed by atoms with Gasteiger partial charge in [-0.15, -0.1) is 11.3 Å². The summed E-state index contributed by atoms with van der Waals surface area (Å²) < 4.78 is 2.47. The zero-order valence-electron chi connectivity index (χ0n) is 20.7. The largest absolute Gasteiger partial charge is 0.309 e. The van der Waals surface area contributed by atoms with E-state index < -0.39 is 0 Å². The van der Waals surface area contributed by atoms with Crippen LogP contribution >= 0.6 is 11.3 Å². The quantitative estimate of drug-likeness (QED) is 0.232. The predicted molar refractivity (Wildman–Crippen MR) is 163 cm³/mol. The van der Waals surface area contributed by atoms with Crippen LogP contribution in [0.1, 0.15) is 0 Å². The van der Waals surface area contributed by atoms with Gasteiger partial charge in [-0.2, -0.15) is 0 Å². The molecule has 7 aromatic rings. The first-order chi connectivity index (χ1) is 18.8. The second kappa shape index (κ2) is 9.62. The van der Waals surface area contributed by atoms with Gasteiger partial charge in [0.05, 0.1) is 15.1 Å². The first kappa shape index (κ1) is 22.5. The molecule has 38 heavy (non-hydrogen) atoms. The minimum absolute atomic E-state index is 1.13. The number of fused-ring (bicyclic) bond motifs is 3. The van der Waals surface area contributed by atoms with Crippen LogP contribution in [0.25, 0.3) is 42.4 Å². The van der Waals surface area contributed by atoms with Crippen molar-refractivity contribution in [3.05, 3.63) is 146 Å². The monoisotopic (exact) mass is 504 g/mol. The molecule has 2 aromatic heterocycles. The third kappa shape index (κ3) is 4.03. The van der Waals surface area contributed by atoms with Crippen LogP contribution in [-0.4, -0.2) is 4.98 Å². The second-order valence-electron chi connectivity index (χ2n) is 9.29. The number of hydrogen-bond acceptors (Lipinski definition) is 3. The highest BCUT2D eigenvalue weighted by Crippen LogP contribution is 2.44. The number of para-hydroxylation sites is 1. The first-order valence-electron chi connectivity index (χ1n) is 12.7. The van der Waals surface area contributed by atoms with Crippen LogP contribution in [-0.2, 0) is 0 Å². The van der Waals surface area contributed by atoms with Crippen molar-refractivity contribution in [3.63, 3.8) is 0 Å². The zero-order chi connectivity index (χ0) is 25.3. The molecule has 0 atom stereocenters. The summed E-state index contributed by atoms with van der Waals surface area (Å²) in [7, 11) is 0. The lowest BCUT2D eigenvalue weighted by Crippen LogP contribution is -2.09. The van der Waals surface area contributed by atoms with E-state index in [1.807, 2.05) is 12.4 Å². The minimum Gasteiger partial charge on any atom is -0.309 e. The topological polar surface area (TPSA) is 16.1 Å². The Bertz CT molecular complexity index is 1840. The fourth-order valence-corrected chi connectivity index (χ4v) is 6.28. The molecule has 0 aliphatic rings. The van der Waals surface area contributed by atoms with Gasteiger partial charge >= 0.3 is 0 Å². The first-order valence-corrected chi connectivity index (χ1v) is 13.5. The molecule has 0 saturated heterocycles. The van der Waals surface area contributed by atoms with Crippen LogP contribution in [0.4, 0.5) is 17.1 Å². The molecular formula is C35H24N2S. The maximum Gasteiger partial charge on any atom is 0.0640 e. The van der Waals surface area contributed by atoms with E-state index in [1.165, 1.54) is 48.1 Å². The van der Waals surface area contributed by atoms with Crippen molar-refractivity contribution in [3.8, 4) is 22.3 Å². The molecule has 0 spiro atoms. The van der Waals surface area contributed by atoms with E-state index in [1.54, 1.807) is 11.3 Å². The molecule has 0 fully saturated rings. The van der Waals surface area contributed by atoms with Gasteiger partial charge in [-0.1, -0.05) is 97.1 Å². The van der Waals surface area contributed by atoms with E-state index in [-0.39, 0.29) is 0 Å². The Labute approximate surface area is 226 Å². The van der Waals surface area contributed by atoms with Crippen molar-refractivity contribution in [1.82, 2.24) is 4.98 Å². The lowest BCUT2D eigenvalue weighted by Gasteiger charge is -2.26. The SMILES string of the molecule is c1ccc(-c2ccc(-c3ccc(N(c4ccccc4)c4cccc5c4sc4cnccc45)cc3)cc2)cc1. The van der Waals surface area contributed by atoms with Crippen molar-refractivity contribution >= 4 is 48.6 Å². The van der Waals surface area contributed by atoms with E-state index in [0.717, 1.165) is 11.4 Å². The summed E-state index contributed by atoms with van der Waals surface area (Å²) in [4.78, 5) is 6.71. The number of hydrogen-bond donors (Lipinski definition) is 0. The Hall–Kier alpha value is -4.73. The summed E-state index contributed by atoms with van der Waals surface area (Å²) in [5.74, 6) is 0. The zero-order valence-corrected chi connectivity index (χ0v) is 21.5. The third-order valence-corrected chi connectivity index (χ3v) is 8.17. The van der Waals surface area contributed by atoms with Gasteiger partial charge in [0, 0.05) is 34.5 Å². The normalized spacial score (nSPS) is 11.2. The maximum absolute atomic E-state index is 4.36. The van der Waals surface area contributed by atoms with Crippen molar-refractivity contribution in [2.24, 2.45) is 0 Å². The molecule has 7 rings (SSSR count). The molecule has 3 heteroatoms. The molecule has 0 aliphatic carbocycles. The van der Waals surface area contributed by atoms with Gasteiger partial charge in [-0.3, -0.25) is 4.98 Å². The summed E-state index contributed by atoms with van der Waals surface area (Å²) in [6, 6.07) is 47.5. The number of nitrogens with zero attached hydrogens (tertiary/aromatic N) is 2. The molecule has 180 valence electrons. The van der Waals surface area contributed by atoms with E-state index in [4.69, 9.17) is 0 Å². The van der Waals surface area contributed by atoms with Crippen LogP contribution in [0.15, 0.2) is 146 Å². The number of aromatic nitrogens is 1. The summed E-state index contributed by atoms with van der Waals surface area (Å²) >= 11 is 1.80. The van der Waals surface area contributed by atoms with Gasteiger partial charge in [0.15, 0.2) is 0 Å². The highest BCUT2D eigenvalue weighted by Gasteiger charge is 2.17. The molecule has 5 aromatic carbocycles. The lowest BCUT2D eigenvalue weighted by molar-refractivity contribution is 1.30. The van der Waals surface area contributed by atoms with Gasteiger partial charge in [0.25, 0.3) is 0 Å². The second-order valence-corrected chi connectivity index (χ2v) is 10.3. The van der Waals surface area contributed by atoms with Gasteiger partial charge in [0.2, 0.25) is 0 Å². The molecule has 2 heterocycles. The Morgan fingerprint density at radius 1 is 0.474 bits per heavy atom. The number of rotatable bonds is 5. The van der Waals surface area contributed by atoms with Gasteiger partial charge in [-0.05, 0) is 58.7 Å². The number of pyridine rings is 1. The number of benzene rings is 5. The molecular weight excluding hydrogens is 480 g/mol. The highest BCUT2D eigenvalue weighted by atomic mass is 32.1. The van der Waals surface area contributed by atoms with Crippen LogP contribution in [0.3, 0.4) is 0 Å². The number of anilines is 3. The van der Waals surface area contributed by atoms with E-state index in [2.05, 4.69) is 143 Å². The summed E-state index contributed by atoms with van der Waals surface area (Å²) in [5.41, 5.74) is 8.32. The predicted octanol–water partition coefficient (Wildman–Crippen LogP) is 10.3. The molecule has 0 N–H and O–H groups in total. The summed E-state index contributed by atoms with van der Waals surface area (Å²) in [5, 5.41) is 2.52. The van der Waals surface area contributed by atoms with Crippen molar-refractivity contribution in [2.45, 2.75) is 0 Å². The van der Waals surface area contributed by atoms with Crippen LogP contribution in [0, 0.1) is 0 Å². The average molecular weight is 505 g/mol. The average Bonchev–Trinajstić information content (AvgIpc) is 3.39. The number of thiophene rings is 1. The minimum atomic E-state index is 1.13. The van der Waals surface area contributed by atoms with Crippen molar-refractivity contribution in [1.29, 1.82) is 0 Å². The molecule has 0 bridgehead atoms. The van der Waals surface area contributed by atoms with Crippen LogP contribution in [0.2, 0.25) is 0 Å². The Balaban J connectivity index is 1.30. The van der Waals surface area contributed by atoms with Gasteiger partial charge in [-0.25, -0.2) is 0 Å². The van der Waals surface area contributed by atoms with E-state index in [0.29, 0.717) is 0 Å². The maximum atomic E-state index is 4.36. The molecule has 0 unspecified atom stereocenters. The fourth-order valence-electron chi connectivity index (χ4n) is 5.11. The fraction of sp³-hybridized carbons (Fsp3) is 0. The Kier molecular flexibility index (Phi) is 5.69. The van der Waals surface area contributed by atoms with E-state index in [9.17, 15) is 0 Å². The van der Waals surface area contributed by atoms with E-state index >= 15 is 0 Å². The van der Waals surface area contributed by atoms with Crippen LogP contribution in [0.5, 0.6) is 0 Å². The van der Waals surface area contributed by atoms with Crippen molar-refractivity contribution < 1.29 is 0 Å². The van der Waals surface area contributed by atoms with Gasteiger partial charge < -0.3 is 4.90 Å². The molecule has 0 aliphatic heterocycles. The summed E-state index contributed by atoms with van der Waals surface area (Å²) in [6.07, 6.45) is 3.84. The smallest absolute Gasteiger partial charge is 0.0640 e. The van der Waals surface area contributed by atoms with Crippen LogP contribution < -0.4 is 4.90 Å². The molecule has 0 radical (unpaired) electrons. The standard InChI is InChI=1S/C35H24N2S/c1-3-8-25(9-4-1)26-14-16-27(17-15-26)28-18-20-30(21-19-28)37(29-10-5-2-6-11-29)33-13-7-12-32-31-22-23-36-24-34(31)38-35(32)33/h1-24H. The Morgan fingerprint density at radius 2 is 1.05 bits per heavy atom. The molecule has 0 saturated carbocycles. The van der Waals surface area contributed by atoms with Gasteiger partial charge in [0.1, 0.15) is 0 Å². The highest BCUT2D eigenvalue weighted by molar-refractivity contribution is 7.26.